The smallest absolute Gasteiger partial charge is 0.222 e. The molecule has 0 atom stereocenters. The van der Waals surface area contributed by atoms with Crippen LogP contribution < -0.4 is 26.3 Å². The summed E-state index contributed by atoms with van der Waals surface area (Å²) >= 11 is 0. The van der Waals surface area contributed by atoms with Crippen LogP contribution >= 0.6 is 12.4 Å². The number of halogens is 1. The molecule has 5 N–H and O–H groups in total. The highest BCUT2D eigenvalue weighted by Gasteiger charge is 2.17. The SMILES string of the molecule is COc1cc(C(C)C)c(Oc2cnc(N)nc2N)cc1NC(C)=O.Cl. The number of amides is 1. The van der Waals surface area contributed by atoms with E-state index >= 15 is 0 Å². The zero-order valence-electron chi connectivity index (χ0n) is 14.5. The number of carbonyl (C=O) groups is 1. The molecule has 8 nitrogen and oxygen atoms in total. The molecule has 0 aliphatic heterocycles. The van der Waals surface area contributed by atoms with Gasteiger partial charge in [0.2, 0.25) is 11.9 Å². The molecule has 2 rings (SSSR count). The normalized spacial score (nSPS) is 10.1. The molecule has 1 amide bonds. The van der Waals surface area contributed by atoms with Crippen molar-refractivity contribution >= 4 is 35.8 Å². The average molecular weight is 368 g/mol. The number of benzene rings is 1. The Balaban J connectivity index is 0.00000312. The summed E-state index contributed by atoms with van der Waals surface area (Å²) in [5.41, 5.74) is 12.7. The Morgan fingerprint density at radius 3 is 2.40 bits per heavy atom. The van der Waals surface area contributed by atoms with Crippen molar-refractivity contribution < 1.29 is 14.3 Å². The fraction of sp³-hybridized carbons (Fsp3) is 0.312. The Labute approximate surface area is 152 Å². The minimum atomic E-state index is -0.216. The highest BCUT2D eigenvalue weighted by Crippen LogP contribution is 2.39. The Morgan fingerprint density at radius 2 is 1.88 bits per heavy atom. The van der Waals surface area contributed by atoms with Crippen LogP contribution in [0.15, 0.2) is 18.3 Å². The van der Waals surface area contributed by atoms with Crippen LogP contribution in [0.3, 0.4) is 0 Å². The molecule has 0 saturated heterocycles. The Hall–Kier alpha value is -2.74. The second-order valence-electron chi connectivity index (χ2n) is 5.51. The van der Waals surface area contributed by atoms with Gasteiger partial charge in [0.05, 0.1) is 19.0 Å². The number of anilines is 3. The van der Waals surface area contributed by atoms with Crippen molar-refractivity contribution in [2.75, 3.05) is 23.9 Å². The van der Waals surface area contributed by atoms with Crippen LogP contribution in [0.4, 0.5) is 17.5 Å². The quantitative estimate of drug-likeness (QED) is 0.741. The molecule has 0 aliphatic rings. The van der Waals surface area contributed by atoms with Crippen molar-refractivity contribution in [3.8, 4) is 17.2 Å². The van der Waals surface area contributed by atoms with Crippen LogP contribution in [0.1, 0.15) is 32.3 Å². The van der Waals surface area contributed by atoms with Crippen molar-refractivity contribution in [1.82, 2.24) is 9.97 Å². The predicted molar refractivity (Wildman–Crippen MR) is 99.6 cm³/mol. The third-order valence-electron chi connectivity index (χ3n) is 3.29. The third-order valence-corrected chi connectivity index (χ3v) is 3.29. The van der Waals surface area contributed by atoms with Crippen molar-refractivity contribution in [3.63, 3.8) is 0 Å². The summed E-state index contributed by atoms with van der Waals surface area (Å²) in [5, 5.41) is 2.71. The summed E-state index contributed by atoms with van der Waals surface area (Å²) in [6.45, 7) is 5.45. The van der Waals surface area contributed by atoms with Gasteiger partial charge in [0.25, 0.3) is 0 Å². The van der Waals surface area contributed by atoms with Gasteiger partial charge < -0.3 is 26.3 Å². The summed E-state index contributed by atoms with van der Waals surface area (Å²) in [6.07, 6.45) is 1.41. The van der Waals surface area contributed by atoms with E-state index in [0.29, 0.717) is 17.2 Å². The van der Waals surface area contributed by atoms with Crippen molar-refractivity contribution in [2.24, 2.45) is 0 Å². The van der Waals surface area contributed by atoms with Crippen LogP contribution in [0.5, 0.6) is 17.2 Å². The number of nitrogen functional groups attached to an aromatic ring is 2. The minimum Gasteiger partial charge on any atom is -0.495 e. The maximum atomic E-state index is 11.4. The van der Waals surface area contributed by atoms with Crippen molar-refractivity contribution in [2.45, 2.75) is 26.7 Å². The summed E-state index contributed by atoms with van der Waals surface area (Å²) in [5.74, 6) is 1.48. The summed E-state index contributed by atoms with van der Waals surface area (Å²) in [4.78, 5) is 19.2. The molecule has 0 saturated carbocycles. The number of hydrogen-bond acceptors (Lipinski definition) is 7. The van der Waals surface area contributed by atoms with Gasteiger partial charge in [-0.3, -0.25) is 4.79 Å². The van der Waals surface area contributed by atoms with Crippen LogP contribution in [-0.2, 0) is 4.79 Å². The number of rotatable bonds is 5. The lowest BCUT2D eigenvalue weighted by Gasteiger charge is -2.18. The number of nitrogens with zero attached hydrogens (tertiary/aromatic N) is 2. The standard InChI is InChI=1S/C16H21N5O3.ClH/c1-8(2)10-5-13(23-4)11(20-9(3)22)6-12(10)24-14-7-19-16(18)21-15(14)17;/h5-8H,1-4H3,(H,20,22)(H4,17,18,19,21);1H. The summed E-state index contributed by atoms with van der Waals surface area (Å²) in [6, 6.07) is 3.50. The first-order valence-corrected chi connectivity index (χ1v) is 7.37. The molecule has 0 fully saturated rings. The highest BCUT2D eigenvalue weighted by molar-refractivity contribution is 5.91. The Bertz CT molecular complexity index is 768. The molecule has 0 bridgehead atoms. The lowest BCUT2D eigenvalue weighted by Crippen LogP contribution is -2.09. The molecule has 0 spiro atoms. The van der Waals surface area contributed by atoms with Gasteiger partial charge in [-0.15, -0.1) is 12.4 Å². The number of nitrogens with two attached hydrogens (primary N) is 2. The summed E-state index contributed by atoms with van der Waals surface area (Å²) in [7, 11) is 1.54. The van der Waals surface area contributed by atoms with Crippen LogP contribution in [-0.4, -0.2) is 23.0 Å². The number of nitrogens with one attached hydrogen (secondary N) is 1. The first-order chi connectivity index (χ1) is 11.3. The van der Waals surface area contributed by atoms with E-state index in [1.807, 2.05) is 19.9 Å². The third kappa shape index (κ3) is 4.87. The molecule has 1 aromatic carbocycles. The molecule has 2 aromatic rings. The predicted octanol–water partition coefficient (Wildman–Crippen LogP) is 2.95. The first-order valence-electron chi connectivity index (χ1n) is 7.37. The topological polar surface area (TPSA) is 125 Å². The number of ether oxygens (including phenoxy) is 2. The number of methoxy groups -OCH3 is 1. The first kappa shape index (κ1) is 20.3. The number of aromatic nitrogens is 2. The lowest BCUT2D eigenvalue weighted by atomic mass is 10.0. The summed E-state index contributed by atoms with van der Waals surface area (Å²) < 4.78 is 11.2. The van der Waals surface area contributed by atoms with E-state index in [2.05, 4.69) is 15.3 Å². The van der Waals surface area contributed by atoms with Crippen LogP contribution in [0.25, 0.3) is 0 Å². The van der Waals surface area contributed by atoms with Gasteiger partial charge in [0.15, 0.2) is 11.6 Å². The van der Waals surface area contributed by atoms with E-state index in [4.69, 9.17) is 20.9 Å². The second kappa shape index (κ2) is 8.39. The maximum absolute atomic E-state index is 11.4. The van der Waals surface area contributed by atoms with Gasteiger partial charge in [0.1, 0.15) is 11.5 Å². The molecule has 1 heterocycles. The number of hydrogen-bond donors (Lipinski definition) is 3. The highest BCUT2D eigenvalue weighted by atomic mass is 35.5. The fourth-order valence-corrected chi connectivity index (χ4v) is 2.17. The van der Waals surface area contributed by atoms with Gasteiger partial charge >= 0.3 is 0 Å². The molecular formula is C16H22ClN5O3. The van der Waals surface area contributed by atoms with Crippen LogP contribution in [0.2, 0.25) is 0 Å². The van der Waals surface area contributed by atoms with E-state index in [0.717, 1.165) is 5.56 Å². The molecule has 0 radical (unpaired) electrons. The van der Waals surface area contributed by atoms with Crippen molar-refractivity contribution in [1.29, 1.82) is 0 Å². The second-order valence-corrected chi connectivity index (χ2v) is 5.51. The van der Waals surface area contributed by atoms with E-state index < -0.39 is 0 Å². The zero-order chi connectivity index (χ0) is 17.9. The van der Waals surface area contributed by atoms with Gasteiger partial charge in [-0.1, -0.05) is 13.8 Å². The average Bonchev–Trinajstić information content (AvgIpc) is 2.49. The lowest BCUT2D eigenvalue weighted by molar-refractivity contribution is -0.114. The Kier molecular flexibility index (Phi) is 6.81. The monoisotopic (exact) mass is 367 g/mol. The molecule has 9 heteroatoms. The van der Waals surface area contributed by atoms with Gasteiger partial charge in [0, 0.05) is 18.6 Å². The number of carbonyl (C=O) groups excluding carboxylic acids is 1. The molecule has 0 aliphatic carbocycles. The molecule has 0 unspecified atom stereocenters. The largest absolute Gasteiger partial charge is 0.495 e. The van der Waals surface area contributed by atoms with Gasteiger partial charge in [-0.2, -0.15) is 4.98 Å². The van der Waals surface area contributed by atoms with Crippen molar-refractivity contribution in [3.05, 3.63) is 23.9 Å². The Morgan fingerprint density at radius 1 is 1.20 bits per heavy atom. The van der Waals surface area contributed by atoms with E-state index in [9.17, 15) is 4.79 Å². The molecular weight excluding hydrogens is 346 g/mol. The molecule has 25 heavy (non-hydrogen) atoms. The molecule has 136 valence electrons. The molecule has 1 aromatic heterocycles. The van der Waals surface area contributed by atoms with E-state index in [-0.39, 0.29) is 41.7 Å². The van der Waals surface area contributed by atoms with Gasteiger partial charge in [-0.05, 0) is 12.0 Å². The minimum absolute atomic E-state index is 0. The van der Waals surface area contributed by atoms with E-state index in [1.54, 1.807) is 6.07 Å². The fourth-order valence-electron chi connectivity index (χ4n) is 2.17. The zero-order valence-corrected chi connectivity index (χ0v) is 15.3. The maximum Gasteiger partial charge on any atom is 0.222 e. The van der Waals surface area contributed by atoms with Gasteiger partial charge in [-0.25, -0.2) is 4.98 Å². The van der Waals surface area contributed by atoms with E-state index in [1.165, 1.54) is 20.2 Å². The van der Waals surface area contributed by atoms with Crippen LogP contribution in [0, 0.1) is 0 Å².